The molecule has 1 heterocycles. The van der Waals surface area contributed by atoms with E-state index in [9.17, 15) is 9.59 Å². The lowest BCUT2D eigenvalue weighted by Crippen LogP contribution is -2.15. The molecule has 6 nitrogen and oxygen atoms in total. The molecule has 1 aromatic heterocycles. The summed E-state index contributed by atoms with van der Waals surface area (Å²) in [6.45, 7) is 1.32. The summed E-state index contributed by atoms with van der Waals surface area (Å²) < 4.78 is 20.2. The topological polar surface area (TPSA) is 75.0 Å². The Balaban J connectivity index is 2.06. The average molecular weight is 304 g/mol. The van der Waals surface area contributed by atoms with Crippen molar-refractivity contribution in [3.63, 3.8) is 0 Å². The minimum atomic E-state index is -0.677. The first-order valence-corrected chi connectivity index (χ1v) is 6.53. The van der Waals surface area contributed by atoms with Crippen LogP contribution in [0.15, 0.2) is 34.9 Å². The number of aryl methyl sites for hydroxylation is 1. The Hall–Kier alpha value is -2.76. The van der Waals surface area contributed by atoms with Gasteiger partial charge in [0.05, 0.1) is 26.0 Å². The van der Waals surface area contributed by atoms with Gasteiger partial charge in [-0.1, -0.05) is 0 Å². The molecule has 0 amide bonds. The summed E-state index contributed by atoms with van der Waals surface area (Å²) in [5, 5.41) is 0. The van der Waals surface area contributed by atoms with Crippen LogP contribution in [0.5, 0.6) is 11.5 Å². The molecule has 0 fully saturated rings. The summed E-state index contributed by atoms with van der Waals surface area (Å²) in [5.74, 6) is -0.0407. The standard InChI is InChI=1S/C16H16O6/c1-10-6-7-21-15(10)16(18)22-9-13(17)12-5-4-11(19-2)8-14(12)20-3/h4-8H,9H2,1-3H3. The number of methoxy groups -OCH3 is 2. The molecule has 0 radical (unpaired) electrons. The molecule has 0 aliphatic carbocycles. The Bertz CT molecular complexity index is 686. The van der Waals surface area contributed by atoms with Crippen LogP contribution in [-0.4, -0.2) is 32.6 Å². The number of hydrogen-bond donors (Lipinski definition) is 0. The van der Waals surface area contributed by atoms with E-state index in [4.69, 9.17) is 18.6 Å². The van der Waals surface area contributed by atoms with Crippen molar-refractivity contribution in [3.05, 3.63) is 47.4 Å². The zero-order valence-corrected chi connectivity index (χ0v) is 12.5. The highest BCUT2D eigenvalue weighted by atomic mass is 16.5. The number of furan rings is 1. The zero-order chi connectivity index (χ0) is 16.1. The second kappa shape index (κ2) is 6.80. The first-order valence-electron chi connectivity index (χ1n) is 6.53. The van der Waals surface area contributed by atoms with Gasteiger partial charge >= 0.3 is 5.97 Å². The maximum atomic E-state index is 12.2. The predicted octanol–water partition coefficient (Wildman–Crippen LogP) is 2.64. The highest BCUT2D eigenvalue weighted by molar-refractivity contribution is 6.01. The Morgan fingerprint density at radius 2 is 1.91 bits per heavy atom. The number of benzene rings is 1. The van der Waals surface area contributed by atoms with Gasteiger partial charge in [0.2, 0.25) is 11.5 Å². The van der Waals surface area contributed by atoms with Crippen LogP contribution in [0, 0.1) is 6.92 Å². The van der Waals surface area contributed by atoms with E-state index in [0.29, 0.717) is 22.6 Å². The van der Waals surface area contributed by atoms with E-state index in [0.717, 1.165) is 0 Å². The zero-order valence-electron chi connectivity index (χ0n) is 12.5. The molecule has 2 rings (SSSR count). The number of ether oxygens (including phenoxy) is 3. The van der Waals surface area contributed by atoms with E-state index in [1.165, 1.54) is 20.5 Å². The Morgan fingerprint density at radius 3 is 2.50 bits per heavy atom. The summed E-state index contributed by atoms with van der Waals surface area (Å²) in [6, 6.07) is 6.43. The molecule has 0 atom stereocenters. The highest BCUT2D eigenvalue weighted by Gasteiger charge is 2.18. The second-order valence-electron chi connectivity index (χ2n) is 4.50. The van der Waals surface area contributed by atoms with Gasteiger partial charge in [-0.05, 0) is 25.1 Å². The van der Waals surface area contributed by atoms with Crippen molar-refractivity contribution in [1.82, 2.24) is 0 Å². The van der Waals surface area contributed by atoms with Gasteiger partial charge in [0.25, 0.3) is 0 Å². The third-order valence-corrected chi connectivity index (χ3v) is 3.09. The molecule has 6 heteroatoms. The van der Waals surface area contributed by atoms with E-state index >= 15 is 0 Å². The van der Waals surface area contributed by atoms with E-state index in [-0.39, 0.29) is 11.5 Å². The molecular weight excluding hydrogens is 288 g/mol. The SMILES string of the molecule is COc1ccc(C(=O)COC(=O)c2occc2C)c(OC)c1. The Kier molecular flexibility index (Phi) is 4.83. The van der Waals surface area contributed by atoms with E-state index in [2.05, 4.69) is 0 Å². The molecule has 0 N–H and O–H groups in total. The molecular formula is C16H16O6. The number of ketones is 1. The third kappa shape index (κ3) is 3.28. The largest absolute Gasteiger partial charge is 0.497 e. The van der Waals surface area contributed by atoms with Crippen molar-refractivity contribution in [2.75, 3.05) is 20.8 Å². The van der Waals surface area contributed by atoms with Gasteiger partial charge in [-0.3, -0.25) is 4.79 Å². The van der Waals surface area contributed by atoms with Crippen LogP contribution in [0.1, 0.15) is 26.5 Å². The molecule has 1 aromatic carbocycles. The fraction of sp³-hybridized carbons (Fsp3) is 0.250. The lowest BCUT2D eigenvalue weighted by atomic mass is 10.1. The molecule has 0 saturated carbocycles. The van der Waals surface area contributed by atoms with Crippen molar-refractivity contribution in [3.8, 4) is 11.5 Å². The van der Waals surface area contributed by atoms with Crippen LogP contribution < -0.4 is 9.47 Å². The number of hydrogen-bond acceptors (Lipinski definition) is 6. The molecule has 0 aliphatic rings. The summed E-state index contributed by atoms with van der Waals surface area (Å²) in [5.41, 5.74) is 0.965. The van der Waals surface area contributed by atoms with Crippen molar-refractivity contribution in [1.29, 1.82) is 0 Å². The van der Waals surface area contributed by atoms with Crippen LogP contribution in [0.25, 0.3) is 0 Å². The van der Waals surface area contributed by atoms with E-state index < -0.39 is 12.6 Å². The quantitative estimate of drug-likeness (QED) is 0.603. The fourth-order valence-electron chi connectivity index (χ4n) is 1.89. The van der Waals surface area contributed by atoms with Crippen molar-refractivity contribution >= 4 is 11.8 Å². The second-order valence-corrected chi connectivity index (χ2v) is 4.50. The molecule has 0 unspecified atom stereocenters. The smallest absolute Gasteiger partial charge is 0.374 e. The van der Waals surface area contributed by atoms with Gasteiger partial charge in [0.1, 0.15) is 11.5 Å². The van der Waals surface area contributed by atoms with E-state index in [1.807, 2.05) is 0 Å². The third-order valence-electron chi connectivity index (χ3n) is 3.09. The highest BCUT2D eigenvalue weighted by Crippen LogP contribution is 2.25. The van der Waals surface area contributed by atoms with Crippen LogP contribution >= 0.6 is 0 Å². The van der Waals surface area contributed by atoms with E-state index in [1.54, 1.807) is 31.2 Å². The number of esters is 1. The minimum absolute atomic E-state index is 0.0921. The van der Waals surface area contributed by atoms with Gasteiger partial charge in [-0.15, -0.1) is 0 Å². The van der Waals surface area contributed by atoms with Gasteiger partial charge < -0.3 is 18.6 Å². The Labute approximate surface area is 127 Å². The summed E-state index contributed by atoms with van der Waals surface area (Å²) in [7, 11) is 2.97. The molecule has 0 spiro atoms. The maximum absolute atomic E-state index is 12.2. The monoisotopic (exact) mass is 304 g/mol. The van der Waals surface area contributed by atoms with Gasteiger partial charge in [-0.2, -0.15) is 0 Å². The molecule has 2 aromatic rings. The molecule has 116 valence electrons. The average Bonchev–Trinajstić information content (AvgIpc) is 2.97. The number of Topliss-reactive ketones (excluding diaryl/α,β-unsaturated/α-hetero) is 1. The minimum Gasteiger partial charge on any atom is -0.497 e. The van der Waals surface area contributed by atoms with Crippen LogP contribution in [0.3, 0.4) is 0 Å². The number of carbonyl (C=O) groups excluding carboxylic acids is 2. The predicted molar refractivity (Wildman–Crippen MR) is 77.6 cm³/mol. The van der Waals surface area contributed by atoms with Gasteiger partial charge in [0, 0.05) is 11.6 Å². The summed E-state index contributed by atoms with van der Waals surface area (Å²) in [6.07, 6.45) is 1.39. The van der Waals surface area contributed by atoms with Gasteiger partial charge in [0.15, 0.2) is 6.61 Å². The van der Waals surface area contributed by atoms with Gasteiger partial charge in [-0.25, -0.2) is 4.79 Å². The lowest BCUT2D eigenvalue weighted by molar-refractivity contribution is 0.0442. The fourth-order valence-corrected chi connectivity index (χ4v) is 1.89. The first kappa shape index (κ1) is 15.6. The normalized spacial score (nSPS) is 10.1. The number of rotatable bonds is 6. The first-order chi connectivity index (χ1) is 10.6. The van der Waals surface area contributed by atoms with Crippen molar-refractivity contribution < 1.29 is 28.2 Å². The maximum Gasteiger partial charge on any atom is 0.374 e. The van der Waals surface area contributed by atoms with Crippen LogP contribution in [0.2, 0.25) is 0 Å². The van der Waals surface area contributed by atoms with Crippen LogP contribution in [-0.2, 0) is 4.74 Å². The van der Waals surface area contributed by atoms with Crippen molar-refractivity contribution in [2.45, 2.75) is 6.92 Å². The summed E-state index contributed by atoms with van der Waals surface area (Å²) >= 11 is 0. The molecule has 0 saturated heterocycles. The molecule has 0 bridgehead atoms. The summed E-state index contributed by atoms with van der Waals surface area (Å²) in [4.78, 5) is 24.0. The molecule has 22 heavy (non-hydrogen) atoms. The van der Waals surface area contributed by atoms with Crippen LogP contribution in [0.4, 0.5) is 0 Å². The number of carbonyl (C=O) groups is 2. The lowest BCUT2D eigenvalue weighted by Gasteiger charge is -2.09. The van der Waals surface area contributed by atoms with Crippen molar-refractivity contribution in [2.24, 2.45) is 0 Å². The molecule has 0 aliphatic heterocycles. The Morgan fingerprint density at radius 1 is 1.14 bits per heavy atom.